The van der Waals surface area contributed by atoms with Gasteiger partial charge in [0.05, 0.1) is 34.1 Å². The zero-order valence-electron chi connectivity index (χ0n) is 18.7. The fourth-order valence-corrected chi connectivity index (χ4v) is 5.50. The highest BCUT2D eigenvalue weighted by atomic mass is 127. The highest BCUT2D eigenvalue weighted by Gasteiger charge is 2.42. The molecule has 0 radical (unpaired) electrons. The molecule has 2 aliphatic rings. The Bertz CT molecular complexity index is 1500. The maximum atomic E-state index is 13.1. The second-order valence-electron chi connectivity index (χ2n) is 8.93. The molecule has 35 heavy (non-hydrogen) atoms. The van der Waals surface area contributed by atoms with Gasteiger partial charge >= 0.3 is 0 Å². The van der Waals surface area contributed by atoms with Gasteiger partial charge in [0.1, 0.15) is 6.04 Å². The van der Waals surface area contributed by atoms with Crippen LogP contribution in [0.25, 0.3) is 22.2 Å². The molecule has 8 heteroatoms. The second kappa shape index (κ2) is 8.60. The molecule has 6 rings (SSSR count). The first-order chi connectivity index (χ1) is 17.0. The van der Waals surface area contributed by atoms with Gasteiger partial charge in [-0.2, -0.15) is 0 Å². The lowest BCUT2D eigenvalue weighted by Gasteiger charge is -2.32. The highest BCUT2D eigenvalue weighted by Crippen LogP contribution is 2.33. The van der Waals surface area contributed by atoms with E-state index in [0.717, 1.165) is 37.4 Å². The second-order valence-corrected chi connectivity index (χ2v) is 9.89. The van der Waals surface area contributed by atoms with E-state index in [1.807, 2.05) is 42.6 Å². The van der Waals surface area contributed by atoms with Crippen LogP contribution in [0.4, 0.5) is 0 Å². The van der Waals surface area contributed by atoms with E-state index in [2.05, 4.69) is 40.0 Å². The molecule has 1 atom stereocenters. The maximum Gasteiger partial charge on any atom is 0.260 e. The third-order valence-corrected chi connectivity index (χ3v) is 7.80. The van der Waals surface area contributed by atoms with Crippen molar-refractivity contribution >= 4 is 51.5 Å². The van der Waals surface area contributed by atoms with Crippen molar-refractivity contribution in [1.29, 1.82) is 0 Å². The molecule has 0 saturated carbocycles. The minimum Gasteiger partial charge on any atom is -0.343 e. The van der Waals surface area contributed by atoms with Gasteiger partial charge in [-0.1, -0.05) is 36.4 Å². The largest absolute Gasteiger partial charge is 0.343 e. The van der Waals surface area contributed by atoms with Gasteiger partial charge in [0.2, 0.25) is 5.91 Å². The van der Waals surface area contributed by atoms with Gasteiger partial charge in [0.15, 0.2) is 0 Å². The number of hydrogen-bond donors (Lipinski definition) is 0. The zero-order chi connectivity index (χ0) is 24.1. The molecule has 2 aliphatic heterocycles. The summed E-state index contributed by atoms with van der Waals surface area (Å²) in [4.78, 5) is 43.9. The summed E-state index contributed by atoms with van der Waals surface area (Å²) in [5, 5.41) is 1.07. The van der Waals surface area contributed by atoms with E-state index in [-0.39, 0.29) is 24.1 Å². The van der Waals surface area contributed by atoms with Gasteiger partial charge in [-0.3, -0.25) is 19.4 Å². The molecule has 4 aromatic rings. The number of hydrogen-bond acceptors (Lipinski definition) is 4. The van der Waals surface area contributed by atoms with Crippen molar-refractivity contribution in [3.05, 3.63) is 89.7 Å². The molecule has 1 unspecified atom stereocenters. The summed E-state index contributed by atoms with van der Waals surface area (Å²) in [5.74, 6) is -0.699. The summed E-state index contributed by atoms with van der Waals surface area (Å²) in [7, 11) is 0. The predicted molar refractivity (Wildman–Crippen MR) is 139 cm³/mol. The van der Waals surface area contributed by atoms with E-state index < -0.39 is 6.04 Å². The molecule has 7 nitrogen and oxygen atoms in total. The summed E-state index contributed by atoms with van der Waals surface area (Å²) >= 11 is 1.73. The third-order valence-electron chi connectivity index (χ3n) is 6.79. The molecule has 0 bridgehead atoms. The number of aromatic nitrogens is 2. The van der Waals surface area contributed by atoms with Crippen LogP contribution in [0.1, 0.15) is 34.3 Å². The quantitative estimate of drug-likeness (QED) is 0.203. The number of fused-ring (bicyclic) bond motifs is 2. The molecule has 1 fully saturated rings. The smallest absolute Gasteiger partial charge is 0.260 e. The van der Waals surface area contributed by atoms with Gasteiger partial charge in [0, 0.05) is 48.4 Å². The lowest BCUT2D eigenvalue weighted by Crippen LogP contribution is -2.51. The number of carbonyl (C=O) groups is 3. The molecule has 0 aliphatic carbocycles. The normalized spacial score (nSPS) is 18.0. The Hall–Kier alpha value is -3.53. The summed E-state index contributed by atoms with van der Waals surface area (Å²) in [6, 6.07) is 19.6. The van der Waals surface area contributed by atoms with Gasteiger partial charge in [-0.05, 0) is 41.8 Å². The van der Waals surface area contributed by atoms with E-state index in [9.17, 15) is 14.4 Å². The lowest BCUT2D eigenvalue weighted by atomic mass is 10.0. The zero-order valence-corrected chi connectivity index (χ0v) is 20.9. The molecular weight excluding hydrogens is 555 g/mol. The minimum atomic E-state index is -0.608. The molecule has 174 valence electrons. The van der Waals surface area contributed by atoms with E-state index in [1.54, 1.807) is 27.8 Å². The van der Waals surface area contributed by atoms with Gasteiger partial charge in [-0.15, -0.1) is 0 Å². The summed E-state index contributed by atoms with van der Waals surface area (Å²) < 4.78 is 3.32. The molecule has 2 aromatic heterocycles. The van der Waals surface area contributed by atoms with E-state index in [0.29, 0.717) is 18.5 Å². The summed E-state index contributed by atoms with van der Waals surface area (Å²) in [6.07, 6.45) is 4.58. The summed E-state index contributed by atoms with van der Waals surface area (Å²) in [5.41, 5.74) is 5.55. The van der Waals surface area contributed by atoms with E-state index >= 15 is 0 Å². The first-order valence-electron chi connectivity index (χ1n) is 11.5. The van der Waals surface area contributed by atoms with Crippen LogP contribution in [-0.2, 0) is 22.7 Å². The van der Waals surface area contributed by atoms with Crippen LogP contribution in [0.2, 0.25) is 0 Å². The Balaban J connectivity index is 1.30. The van der Waals surface area contributed by atoms with Crippen LogP contribution in [0.15, 0.2) is 73.1 Å². The number of nitrogens with zero attached hydrogens (tertiary/aromatic N) is 4. The average molecular weight is 576 g/mol. The lowest BCUT2D eigenvalue weighted by molar-refractivity contribution is -0.143. The van der Waals surface area contributed by atoms with Crippen LogP contribution in [0.5, 0.6) is 0 Å². The van der Waals surface area contributed by atoms with Crippen molar-refractivity contribution in [2.75, 3.05) is 0 Å². The van der Waals surface area contributed by atoms with Crippen molar-refractivity contribution in [3.8, 4) is 11.3 Å². The van der Waals surface area contributed by atoms with Gasteiger partial charge in [-0.25, -0.2) is 3.11 Å². The fourth-order valence-electron chi connectivity index (χ4n) is 4.94. The number of rotatable bonds is 4. The number of imide groups is 1. The van der Waals surface area contributed by atoms with Crippen molar-refractivity contribution in [1.82, 2.24) is 17.6 Å². The molecular formula is C27H21IN4O3. The number of halogens is 1. The molecule has 4 heterocycles. The minimum absolute atomic E-state index is 0.163. The Morgan fingerprint density at radius 3 is 2.66 bits per heavy atom. The first-order valence-corrected chi connectivity index (χ1v) is 12.4. The molecule has 1 saturated heterocycles. The molecule has 0 N–H and O–H groups in total. The molecule has 2 aromatic carbocycles. The van der Waals surface area contributed by atoms with Crippen LogP contribution in [0.3, 0.4) is 0 Å². The number of amides is 3. The number of benzene rings is 2. The Morgan fingerprint density at radius 1 is 1.00 bits per heavy atom. The van der Waals surface area contributed by atoms with Crippen molar-refractivity contribution in [2.45, 2.75) is 32.0 Å². The molecule has 0 spiro atoms. The van der Waals surface area contributed by atoms with E-state index in [4.69, 9.17) is 0 Å². The standard InChI is InChI=1S/C27H21IN4O3/c28-32-25(33)9-8-23(27(32)35)31-16-20-12-18(6-7-21(20)26(31)34)22-13-24-19(14-29-22)10-11-30(24)15-17-4-2-1-3-5-17/h1-7,10-14,23H,8-9,15-16H2. The number of carbonyl (C=O) groups excluding carboxylic acids is 3. The SMILES string of the molecule is O=C1CCC(N2Cc3cc(-c4cc5c(ccn5Cc5ccccc5)cn4)ccc3C2=O)C(=O)N1I. The van der Waals surface area contributed by atoms with Crippen molar-refractivity contribution in [3.63, 3.8) is 0 Å². The topological polar surface area (TPSA) is 75.5 Å². The number of piperidine rings is 1. The van der Waals surface area contributed by atoms with Crippen LogP contribution >= 0.6 is 22.9 Å². The Kier molecular flexibility index (Phi) is 5.40. The van der Waals surface area contributed by atoms with Gasteiger partial charge in [0.25, 0.3) is 11.8 Å². The monoisotopic (exact) mass is 576 g/mol. The third kappa shape index (κ3) is 3.81. The van der Waals surface area contributed by atoms with E-state index in [1.165, 1.54) is 5.56 Å². The van der Waals surface area contributed by atoms with Crippen molar-refractivity contribution < 1.29 is 14.4 Å². The highest BCUT2D eigenvalue weighted by molar-refractivity contribution is 14.1. The van der Waals surface area contributed by atoms with Crippen LogP contribution in [-0.4, -0.2) is 41.3 Å². The maximum absolute atomic E-state index is 13.1. The van der Waals surface area contributed by atoms with Gasteiger partial charge < -0.3 is 9.47 Å². The van der Waals surface area contributed by atoms with Crippen molar-refractivity contribution in [2.24, 2.45) is 0 Å². The Labute approximate surface area is 215 Å². The number of pyridine rings is 1. The Morgan fingerprint density at radius 2 is 1.83 bits per heavy atom. The predicted octanol–water partition coefficient (Wildman–Crippen LogP) is 4.58. The average Bonchev–Trinajstić information content (AvgIpc) is 3.43. The summed E-state index contributed by atoms with van der Waals surface area (Å²) in [6.45, 7) is 1.12. The van der Waals surface area contributed by atoms with Crippen LogP contribution in [0, 0.1) is 0 Å². The first kappa shape index (κ1) is 22.0. The molecule has 3 amide bonds. The fraction of sp³-hybridized carbons (Fsp3) is 0.185. The van der Waals surface area contributed by atoms with Crippen LogP contribution < -0.4 is 0 Å².